The molecule has 1 aromatic heterocycles. The zero-order chi connectivity index (χ0) is 20.8. The highest BCUT2D eigenvalue weighted by Gasteiger charge is 2.60. The molecule has 6 rings (SSSR count). The van der Waals surface area contributed by atoms with Crippen LogP contribution >= 0.6 is 0 Å². The number of pyridine rings is 1. The van der Waals surface area contributed by atoms with E-state index in [4.69, 9.17) is 0 Å². The van der Waals surface area contributed by atoms with E-state index >= 15 is 0 Å². The van der Waals surface area contributed by atoms with Gasteiger partial charge in [0.2, 0.25) is 0 Å². The van der Waals surface area contributed by atoms with E-state index < -0.39 is 11.9 Å². The van der Waals surface area contributed by atoms with E-state index in [-0.39, 0.29) is 18.0 Å². The molecule has 0 radical (unpaired) electrons. The number of hydrogen-bond donors (Lipinski definition) is 0. The second-order valence-corrected chi connectivity index (χ2v) is 8.11. The molecule has 2 aromatic carbocycles. The van der Waals surface area contributed by atoms with Crippen LogP contribution in [0.3, 0.4) is 0 Å². The Morgan fingerprint density at radius 2 is 1.57 bits per heavy atom. The number of aromatic nitrogens is 1. The van der Waals surface area contributed by atoms with Crippen molar-refractivity contribution in [3.8, 4) is 0 Å². The summed E-state index contributed by atoms with van der Waals surface area (Å²) in [5.41, 5.74) is 5.00. The molecule has 0 bridgehead atoms. The van der Waals surface area contributed by atoms with Gasteiger partial charge in [0.1, 0.15) is 11.9 Å². The average molecular weight is 405 g/mol. The highest BCUT2D eigenvalue weighted by Crippen LogP contribution is 2.67. The van der Waals surface area contributed by atoms with E-state index in [9.17, 15) is 13.2 Å². The molecule has 1 aliphatic carbocycles. The van der Waals surface area contributed by atoms with Crippen molar-refractivity contribution in [1.29, 1.82) is 0 Å². The van der Waals surface area contributed by atoms with Crippen LogP contribution in [0.15, 0.2) is 72.8 Å². The van der Waals surface area contributed by atoms with Crippen molar-refractivity contribution in [3.63, 3.8) is 0 Å². The number of halogens is 3. The Morgan fingerprint density at radius 3 is 2.30 bits per heavy atom. The third-order valence-electron chi connectivity index (χ3n) is 6.47. The van der Waals surface area contributed by atoms with Gasteiger partial charge in [0, 0.05) is 23.2 Å². The van der Waals surface area contributed by atoms with Gasteiger partial charge in [-0.05, 0) is 42.3 Å². The summed E-state index contributed by atoms with van der Waals surface area (Å²) in [5.74, 6) is 0.720. The maximum absolute atomic E-state index is 13.5. The fraction of sp³-hybridized carbons (Fsp3) is 0.208. The summed E-state index contributed by atoms with van der Waals surface area (Å²) in [6.45, 7) is 6.31. The fourth-order valence-electron chi connectivity index (χ4n) is 5.10. The van der Waals surface area contributed by atoms with Crippen molar-refractivity contribution in [2.45, 2.75) is 25.2 Å². The first-order valence-electron chi connectivity index (χ1n) is 9.88. The molecule has 3 nitrogen and oxygen atoms in total. The van der Waals surface area contributed by atoms with Crippen LogP contribution in [0.2, 0.25) is 0 Å². The lowest BCUT2D eigenvalue weighted by Crippen LogP contribution is -2.43. The Hall–Kier alpha value is -3.28. The van der Waals surface area contributed by atoms with Gasteiger partial charge in [-0.3, -0.25) is 0 Å². The van der Waals surface area contributed by atoms with Gasteiger partial charge >= 0.3 is 6.18 Å². The van der Waals surface area contributed by atoms with Crippen molar-refractivity contribution in [2.75, 3.05) is 9.80 Å². The standard InChI is InChI=1S/C24H18F3N3/c1-13-7-3-5-9-16(13)29-18-11-12-19(24(25,26)27)28-22(18)30-17-10-6-4-8-15(17)20-14(2)21(20)23(29)30/h3-12,20-21,23H,2H2,1H3. The summed E-state index contributed by atoms with van der Waals surface area (Å²) in [7, 11) is 0. The molecule has 2 aliphatic heterocycles. The Labute approximate surface area is 172 Å². The molecule has 1 saturated carbocycles. The minimum atomic E-state index is -4.50. The summed E-state index contributed by atoms with van der Waals surface area (Å²) in [6.07, 6.45) is -4.67. The van der Waals surface area contributed by atoms with Crippen LogP contribution in [-0.4, -0.2) is 11.1 Å². The largest absolute Gasteiger partial charge is 0.433 e. The summed E-state index contributed by atoms with van der Waals surface area (Å²) < 4.78 is 40.5. The molecule has 6 heteroatoms. The molecule has 0 amide bonds. The monoisotopic (exact) mass is 405 g/mol. The number of benzene rings is 2. The van der Waals surface area contributed by atoms with Crippen LogP contribution < -0.4 is 9.80 Å². The molecule has 0 saturated heterocycles. The Kier molecular flexibility index (Phi) is 3.31. The van der Waals surface area contributed by atoms with Gasteiger partial charge in [-0.15, -0.1) is 0 Å². The maximum atomic E-state index is 13.5. The first-order chi connectivity index (χ1) is 14.4. The van der Waals surface area contributed by atoms with Crippen molar-refractivity contribution in [2.24, 2.45) is 5.92 Å². The Bertz CT molecular complexity index is 1220. The molecule has 3 heterocycles. The van der Waals surface area contributed by atoms with Crippen LogP contribution in [0.1, 0.15) is 22.7 Å². The number of fused-ring (bicyclic) bond motifs is 8. The second-order valence-electron chi connectivity index (χ2n) is 8.11. The van der Waals surface area contributed by atoms with E-state index in [1.54, 1.807) is 6.07 Å². The van der Waals surface area contributed by atoms with E-state index in [0.29, 0.717) is 11.5 Å². The van der Waals surface area contributed by atoms with Crippen molar-refractivity contribution < 1.29 is 13.2 Å². The van der Waals surface area contributed by atoms with E-state index in [1.807, 2.05) is 60.4 Å². The van der Waals surface area contributed by atoms with Gasteiger partial charge < -0.3 is 9.80 Å². The van der Waals surface area contributed by atoms with E-state index in [1.165, 1.54) is 0 Å². The third kappa shape index (κ3) is 2.19. The first-order valence-corrected chi connectivity index (χ1v) is 9.88. The van der Waals surface area contributed by atoms with Crippen LogP contribution in [-0.2, 0) is 6.18 Å². The van der Waals surface area contributed by atoms with Crippen LogP contribution in [0.5, 0.6) is 0 Å². The molecule has 3 unspecified atom stereocenters. The highest BCUT2D eigenvalue weighted by atomic mass is 19.4. The van der Waals surface area contributed by atoms with E-state index in [2.05, 4.69) is 16.5 Å². The zero-order valence-electron chi connectivity index (χ0n) is 16.2. The summed E-state index contributed by atoms with van der Waals surface area (Å²) in [6, 6.07) is 18.5. The van der Waals surface area contributed by atoms with Gasteiger partial charge in [-0.1, -0.05) is 48.6 Å². The second kappa shape index (κ2) is 5.65. The van der Waals surface area contributed by atoms with Gasteiger partial charge in [0.05, 0.1) is 5.69 Å². The summed E-state index contributed by atoms with van der Waals surface area (Å²) in [5, 5.41) is 0. The lowest BCUT2D eigenvalue weighted by atomic mass is 9.99. The fourth-order valence-corrected chi connectivity index (χ4v) is 5.10. The van der Waals surface area contributed by atoms with Crippen LogP contribution in [0.4, 0.5) is 36.1 Å². The molecule has 1 fully saturated rings. The van der Waals surface area contributed by atoms with Crippen LogP contribution in [0.25, 0.3) is 0 Å². The summed E-state index contributed by atoms with van der Waals surface area (Å²) in [4.78, 5) is 8.24. The van der Waals surface area contributed by atoms with Crippen molar-refractivity contribution >= 4 is 22.9 Å². The molecule has 0 N–H and O–H groups in total. The minimum absolute atomic E-state index is 0.142. The molecule has 150 valence electrons. The Morgan fingerprint density at radius 1 is 0.867 bits per heavy atom. The lowest BCUT2D eigenvalue weighted by molar-refractivity contribution is -0.141. The summed E-state index contributed by atoms with van der Waals surface area (Å²) >= 11 is 0. The number of nitrogens with zero attached hydrogens (tertiary/aromatic N) is 3. The first kappa shape index (κ1) is 17.6. The number of alkyl halides is 3. The number of para-hydroxylation sites is 2. The molecular formula is C24H18F3N3. The van der Waals surface area contributed by atoms with Gasteiger partial charge in [-0.2, -0.15) is 13.2 Å². The number of anilines is 4. The topological polar surface area (TPSA) is 19.4 Å². The van der Waals surface area contributed by atoms with Gasteiger partial charge in [0.25, 0.3) is 0 Å². The average Bonchev–Trinajstić information content (AvgIpc) is 3.28. The predicted octanol–water partition coefficient (Wildman–Crippen LogP) is 6.31. The molecule has 3 atom stereocenters. The number of aryl methyl sites for hydroxylation is 1. The smallest absolute Gasteiger partial charge is 0.316 e. The molecule has 0 spiro atoms. The predicted molar refractivity (Wildman–Crippen MR) is 110 cm³/mol. The quantitative estimate of drug-likeness (QED) is 0.443. The van der Waals surface area contributed by atoms with Crippen molar-refractivity contribution in [3.05, 3.63) is 89.6 Å². The van der Waals surface area contributed by atoms with Gasteiger partial charge in [-0.25, -0.2) is 4.98 Å². The molecular weight excluding hydrogens is 387 g/mol. The SMILES string of the molecule is C=C1C2c3ccccc3N3c4nc(C(F)(F)F)ccc4N(c4ccccc4C)C3C12. The molecule has 3 aliphatic rings. The normalized spacial score (nSPS) is 23.6. The third-order valence-corrected chi connectivity index (χ3v) is 6.47. The zero-order valence-corrected chi connectivity index (χ0v) is 16.2. The lowest BCUT2D eigenvalue weighted by Gasteiger charge is -2.37. The Balaban J connectivity index is 1.64. The van der Waals surface area contributed by atoms with Gasteiger partial charge in [0.15, 0.2) is 5.82 Å². The maximum Gasteiger partial charge on any atom is 0.433 e. The van der Waals surface area contributed by atoms with Crippen LogP contribution in [0, 0.1) is 12.8 Å². The molecule has 30 heavy (non-hydrogen) atoms. The van der Waals surface area contributed by atoms with E-state index in [0.717, 1.165) is 34.1 Å². The number of hydrogen-bond acceptors (Lipinski definition) is 3. The minimum Gasteiger partial charge on any atom is -0.316 e. The molecule has 3 aromatic rings. The number of rotatable bonds is 1. The highest BCUT2D eigenvalue weighted by molar-refractivity contribution is 5.90. The van der Waals surface area contributed by atoms with Crippen molar-refractivity contribution in [1.82, 2.24) is 4.98 Å².